The first-order valence-electron chi connectivity index (χ1n) is 5.85. The molecule has 1 aliphatic heterocycles. The fourth-order valence-corrected chi connectivity index (χ4v) is 6.63. The molecule has 0 aromatic heterocycles. The number of ether oxygens (including phenoxy) is 1. The number of nitrogens with one attached hydrogen (secondary N) is 1. The van der Waals surface area contributed by atoms with Crippen LogP contribution in [0, 0.1) is 5.41 Å². The molecular weight excluding hydrogens is 234 g/mol. The molecular formula is C12H27NO3Si. The smallest absolute Gasteiger partial charge is 0.376 e. The highest BCUT2D eigenvalue weighted by atomic mass is 28.4. The van der Waals surface area contributed by atoms with Gasteiger partial charge in [-0.3, -0.25) is 0 Å². The predicted octanol–water partition coefficient (Wildman–Crippen LogP) is 2.90. The summed E-state index contributed by atoms with van der Waals surface area (Å²) >= 11 is 0. The lowest BCUT2D eigenvalue weighted by Gasteiger charge is -2.48. The van der Waals surface area contributed by atoms with Crippen molar-refractivity contribution in [1.29, 1.82) is 5.41 Å². The summed E-state index contributed by atoms with van der Waals surface area (Å²) in [6.07, 6.45) is 3.56. The van der Waals surface area contributed by atoms with Crippen LogP contribution in [0.4, 0.5) is 0 Å². The minimum atomic E-state index is -2.44. The van der Waals surface area contributed by atoms with Gasteiger partial charge in [-0.2, -0.15) is 0 Å². The lowest BCUT2D eigenvalue weighted by Crippen LogP contribution is -2.68. The third-order valence-corrected chi connectivity index (χ3v) is 7.96. The van der Waals surface area contributed by atoms with Gasteiger partial charge in [0, 0.05) is 27.0 Å². The van der Waals surface area contributed by atoms with Crippen LogP contribution in [0.25, 0.3) is 0 Å². The van der Waals surface area contributed by atoms with Gasteiger partial charge < -0.3 is 19.0 Å². The molecule has 1 saturated heterocycles. The quantitative estimate of drug-likeness (QED) is 0.774. The maximum absolute atomic E-state index is 8.21. The Morgan fingerprint density at radius 2 is 1.88 bits per heavy atom. The fourth-order valence-electron chi connectivity index (χ4n) is 2.82. The van der Waals surface area contributed by atoms with Gasteiger partial charge in [0.1, 0.15) is 5.22 Å². The SMILES string of the molecule is C.CCCC1(OC)C(=N)CCC[Si]1(OC)OC. The second-order valence-electron chi connectivity index (χ2n) is 4.27. The van der Waals surface area contributed by atoms with Crippen molar-refractivity contribution >= 4 is 14.3 Å². The first kappa shape index (κ1) is 16.8. The van der Waals surface area contributed by atoms with Crippen LogP contribution < -0.4 is 0 Å². The summed E-state index contributed by atoms with van der Waals surface area (Å²) < 4.78 is 17.1. The molecule has 0 saturated carbocycles. The maximum atomic E-state index is 8.21. The van der Waals surface area contributed by atoms with Crippen molar-refractivity contribution in [3.05, 3.63) is 0 Å². The zero-order chi connectivity index (χ0) is 12.2. The average molecular weight is 261 g/mol. The van der Waals surface area contributed by atoms with Crippen molar-refractivity contribution in [3.63, 3.8) is 0 Å². The number of methoxy groups -OCH3 is 1. The molecule has 102 valence electrons. The molecule has 1 fully saturated rings. The van der Waals surface area contributed by atoms with E-state index in [0.29, 0.717) is 5.71 Å². The van der Waals surface area contributed by atoms with Crippen LogP contribution in [0.3, 0.4) is 0 Å². The van der Waals surface area contributed by atoms with Crippen LogP contribution in [-0.4, -0.2) is 40.8 Å². The van der Waals surface area contributed by atoms with Crippen LogP contribution in [0.1, 0.15) is 40.0 Å². The topological polar surface area (TPSA) is 51.5 Å². The van der Waals surface area contributed by atoms with E-state index in [4.69, 9.17) is 19.0 Å². The Hall–Kier alpha value is -0.233. The minimum Gasteiger partial charge on any atom is -0.396 e. The molecule has 0 bridgehead atoms. The second kappa shape index (κ2) is 6.63. The lowest BCUT2D eigenvalue weighted by molar-refractivity contribution is 0.0431. The lowest BCUT2D eigenvalue weighted by atomic mass is 10.0. The van der Waals surface area contributed by atoms with E-state index < -0.39 is 13.8 Å². The molecule has 0 aromatic rings. The first-order valence-corrected chi connectivity index (χ1v) is 7.88. The molecule has 0 aliphatic carbocycles. The highest BCUT2D eigenvalue weighted by Gasteiger charge is 2.61. The summed E-state index contributed by atoms with van der Waals surface area (Å²) in [6, 6.07) is 0.913. The molecule has 1 rings (SSSR count). The van der Waals surface area contributed by atoms with Crippen molar-refractivity contribution in [2.45, 2.75) is 51.3 Å². The van der Waals surface area contributed by atoms with Gasteiger partial charge in [-0.15, -0.1) is 0 Å². The Bertz CT molecular complexity index is 256. The van der Waals surface area contributed by atoms with Crippen molar-refractivity contribution < 1.29 is 13.6 Å². The Kier molecular flexibility index (Phi) is 6.54. The molecule has 0 spiro atoms. The molecule has 1 atom stereocenters. The monoisotopic (exact) mass is 261 g/mol. The van der Waals surface area contributed by atoms with Crippen LogP contribution >= 0.6 is 0 Å². The van der Waals surface area contributed by atoms with Gasteiger partial charge in [0.15, 0.2) is 0 Å². The summed E-state index contributed by atoms with van der Waals surface area (Å²) in [5.74, 6) is 0. The van der Waals surface area contributed by atoms with Gasteiger partial charge in [0.25, 0.3) is 0 Å². The third kappa shape index (κ3) is 2.47. The molecule has 5 heteroatoms. The van der Waals surface area contributed by atoms with Crippen molar-refractivity contribution in [2.24, 2.45) is 0 Å². The van der Waals surface area contributed by atoms with E-state index >= 15 is 0 Å². The van der Waals surface area contributed by atoms with Gasteiger partial charge in [0.2, 0.25) is 0 Å². The number of hydrogen-bond acceptors (Lipinski definition) is 4. The second-order valence-corrected chi connectivity index (χ2v) is 7.90. The van der Waals surface area contributed by atoms with Crippen molar-refractivity contribution in [2.75, 3.05) is 21.3 Å². The molecule has 1 unspecified atom stereocenters. The van der Waals surface area contributed by atoms with Crippen LogP contribution in [-0.2, 0) is 13.6 Å². The average Bonchev–Trinajstić information content (AvgIpc) is 2.32. The summed E-state index contributed by atoms with van der Waals surface area (Å²) in [5.41, 5.74) is 0.651. The minimum absolute atomic E-state index is 0. The molecule has 4 nitrogen and oxygen atoms in total. The highest BCUT2D eigenvalue weighted by Crippen LogP contribution is 2.40. The Morgan fingerprint density at radius 3 is 2.29 bits per heavy atom. The van der Waals surface area contributed by atoms with Gasteiger partial charge in [-0.25, -0.2) is 0 Å². The maximum Gasteiger partial charge on any atom is 0.376 e. The van der Waals surface area contributed by atoms with Gasteiger partial charge >= 0.3 is 8.56 Å². The molecule has 1 N–H and O–H groups in total. The van der Waals surface area contributed by atoms with Gasteiger partial charge in [0.05, 0.1) is 0 Å². The predicted molar refractivity (Wildman–Crippen MR) is 72.9 cm³/mol. The Labute approximate surface area is 106 Å². The fraction of sp³-hybridized carbons (Fsp3) is 0.917. The molecule has 1 heterocycles. The van der Waals surface area contributed by atoms with E-state index in [0.717, 1.165) is 31.7 Å². The number of hydrogen-bond donors (Lipinski definition) is 1. The van der Waals surface area contributed by atoms with E-state index in [1.165, 1.54) is 0 Å². The Balaban J connectivity index is 0.00000256. The standard InChI is InChI=1S/C11H23NO3Si.CH4/c1-5-8-11(13-2)10(12)7-6-9-16(11,14-3)15-4;/h12H,5-9H2,1-4H3;1H4. The van der Waals surface area contributed by atoms with Gasteiger partial charge in [-0.1, -0.05) is 20.8 Å². The van der Waals surface area contributed by atoms with E-state index in [-0.39, 0.29) is 7.43 Å². The molecule has 17 heavy (non-hydrogen) atoms. The van der Waals surface area contributed by atoms with Crippen LogP contribution in [0.2, 0.25) is 6.04 Å². The van der Waals surface area contributed by atoms with Crippen LogP contribution in [0.15, 0.2) is 0 Å². The normalized spacial score (nSPS) is 27.6. The third-order valence-electron chi connectivity index (χ3n) is 3.65. The highest BCUT2D eigenvalue weighted by molar-refractivity contribution is 6.75. The van der Waals surface area contributed by atoms with E-state index in [2.05, 4.69) is 6.92 Å². The van der Waals surface area contributed by atoms with E-state index in [1.807, 2.05) is 0 Å². The number of rotatable bonds is 5. The van der Waals surface area contributed by atoms with Crippen molar-refractivity contribution in [3.8, 4) is 0 Å². The largest absolute Gasteiger partial charge is 0.396 e. The zero-order valence-corrected chi connectivity index (χ0v) is 11.8. The zero-order valence-electron chi connectivity index (χ0n) is 10.8. The summed E-state index contributed by atoms with van der Waals surface area (Å²) in [7, 11) is 2.62. The summed E-state index contributed by atoms with van der Waals surface area (Å²) in [6.45, 7) is 2.10. The molecule has 0 radical (unpaired) electrons. The summed E-state index contributed by atoms with van der Waals surface area (Å²) in [5, 5.41) is 7.63. The first-order chi connectivity index (χ1) is 7.62. The van der Waals surface area contributed by atoms with Crippen molar-refractivity contribution in [1.82, 2.24) is 0 Å². The van der Waals surface area contributed by atoms with E-state index in [9.17, 15) is 0 Å². The van der Waals surface area contributed by atoms with Crippen LogP contribution in [0.5, 0.6) is 0 Å². The molecule has 0 aromatic carbocycles. The molecule has 1 aliphatic rings. The Morgan fingerprint density at radius 1 is 1.29 bits per heavy atom. The van der Waals surface area contributed by atoms with Gasteiger partial charge in [-0.05, 0) is 25.3 Å². The summed E-state index contributed by atoms with van der Waals surface area (Å²) in [4.78, 5) is 0. The van der Waals surface area contributed by atoms with E-state index in [1.54, 1.807) is 21.3 Å². The molecule has 0 amide bonds.